The number of anilines is 1. The van der Waals surface area contributed by atoms with Gasteiger partial charge in [0.2, 0.25) is 0 Å². The minimum absolute atomic E-state index is 0.109. The van der Waals surface area contributed by atoms with Crippen LogP contribution < -0.4 is 10.5 Å². The van der Waals surface area contributed by atoms with Gasteiger partial charge in [0.1, 0.15) is 11.1 Å². The number of aromatic nitrogens is 2. The number of hydrogen-bond donors (Lipinski definition) is 1. The van der Waals surface area contributed by atoms with E-state index in [1.807, 2.05) is 0 Å². The van der Waals surface area contributed by atoms with Crippen molar-refractivity contribution >= 4 is 23.3 Å². The molecule has 0 amide bonds. The maximum absolute atomic E-state index is 12.1. The van der Waals surface area contributed by atoms with Crippen molar-refractivity contribution in [2.45, 2.75) is 6.42 Å². The summed E-state index contributed by atoms with van der Waals surface area (Å²) in [6.45, 7) is 0.787. The van der Waals surface area contributed by atoms with E-state index in [0.29, 0.717) is 18.7 Å². The van der Waals surface area contributed by atoms with E-state index >= 15 is 0 Å². The van der Waals surface area contributed by atoms with Crippen LogP contribution in [0.5, 0.6) is 0 Å². The number of rotatable bonds is 4. The Bertz CT molecular complexity index is 589. The highest BCUT2D eigenvalue weighted by atomic mass is 35.5. The first kappa shape index (κ1) is 14.8. The molecule has 0 radical (unpaired) electrons. The maximum atomic E-state index is 12.1. The first-order valence-electron chi connectivity index (χ1n) is 6.11. The van der Waals surface area contributed by atoms with E-state index in [4.69, 9.17) is 16.3 Å². The number of nitrogens with zero attached hydrogens (tertiary/aromatic N) is 3. The third kappa shape index (κ3) is 2.51. The molecule has 1 fully saturated rings. The summed E-state index contributed by atoms with van der Waals surface area (Å²) < 4.78 is 6.17. The molecule has 1 N–H and O–H groups in total. The van der Waals surface area contributed by atoms with Crippen LogP contribution in [0.25, 0.3) is 0 Å². The summed E-state index contributed by atoms with van der Waals surface area (Å²) in [4.78, 5) is 25.3. The van der Waals surface area contributed by atoms with Crippen LogP contribution in [0.2, 0.25) is 5.15 Å². The highest BCUT2D eigenvalue weighted by molar-refractivity contribution is 6.29. The Morgan fingerprint density at radius 2 is 2.35 bits per heavy atom. The quantitative estimate of drug-likeness (QED) is 0.864. The molecule has 2 rings (SSSR count). The Morgan fingerprint density at radius 3 is 2.95 bits per heavy atom. The summed E-state index contributed by atoms with van der Waals surface area (Å²) in [6, 6.07) is 1.47. The van der Waals surface area contributed by atoms with Crippen LogP contribution in [0, 0.1) is 5.41 Å². The normalized spacial score (nSPS) is 22.2. The molecule has 2 heterocycles. The van der Waals surface area contributed by atoms with Crippen molar-refractivity contribution < 1.29 is 14.6 Å². The lowest BCUT2D eigenvalue weighted by atomic mass is 9.88. The van der Waals surface area contributed by atoms with Gasteiger partial charge in [-0.2, -0.15) is 5.10 Å². The number of halogens is 1. The maximum Gasteiger partial charge on any atom is 0.313 e. The van der Waals surface area contributed by atoms with E-state index in [0.717, 1.165) is 4.68 Å². The van der Waals surface area contributed by atoms with Crippen LogP contribution in [-0.2, 0) is 16.6 Å². The summed E-state index contributed by atoms with van der Waals surface area (Å²) >= 11 is 5.86. The Morgan fingerprint density at radius 1 is 1.65 bits per heavy atom. The van der Waals surface area contributed by atoms with Crippen molar-refractivity contribution in [3.63, 3.8) is 0 Å². The second-order valence-corrected chi connectivity index (χ2v) is 5.36. The number of aryl methyl sites for hydroxylation is 1. The van der Waals surface area contributed by atoms with E-state index in [-0.39, 0.29) is 23.9 Å². The molecular weight excluding hydrogens is 286 g/mol. The molecule has 7 nitrogen and oxygen atoms in total. The van der Waals surface area contributed by atoms with Crippen molar-refractivity contribution in [3.8, 4) is 0 Å². The Balaban J connectivity index is 2.34. The summed E-state index contributed by atoms with van der Waals surface area (Å²) in [7, 11) is 2.98. The molecule has 0 aliphatic carbocycles. The van der Waals surface area contributed by atoms with Gasteiger partial charge in [0.15, 0.2) is 5.15 Å². The minimum Gasteiger partial charge on any atom is -0.481 e. The Labute approximate surface area is 120 Å². The smallest absolute Gasteiger partial charge is 0.313 e. The molecule has 1 aliphatic rings. The fraction of sp³-hybridized carbons (Fsp3) is 0.583. The van der Waals surface area contributed by atoms with Gasteiger partial charge in [-0.1, -0.05) is 11.6 Å². The molecule has 1 aromatic rings. The van der Waals surface area contributed by atoms with Gasteiger partial charge >= 0.3 is 5.97 Å². The highest BCUT2D eigenvalue weighted by Gasteiger charge is 2.45. The zero-order valence-electron chi connectivity index (χ0n) is 11.3. The fourth-order valence-electron chi connectivity index (χ4n) is 2.49. The first-order chi connectivity index (χ1) is 9.39. The Kier molecular flexibility index (Phi) is 4.01. The molecule has 8 heteroatoms. The molecular formula is C12H16ClN3O4. The number of carboxylic acids is 1. The van der Waals surface area contributed by atoms with Crippen LogP contribution in [0.4, 0.5) is 5.69 Å². The average Bonchev–Trinajstić information content (AvgIpc) is 2.80. The number of aliphatic carboxylic acids is 1. The molecule has 1 aliphatic heterocycles. The van der Waals surface area contributed by atoms with Gasteiger partial charge in [0.05, 0.1) is 6.61 Å². The fourth-order valence-corrected chi connectivity index (χ4v) is 2.71. The molecule has 1 unspecified atom stereocenters. The van der Waals surface area contributed by atoms with Crippen molar-refractivity contribution in [1.29, 1.82) is 0 Å². The van der Waals surface area contributed by atoms with Gasteiger partial charge in [-0.3, -0.25) is 9.59 Å². The molecule has 0 saturated carbocycles. The van der Waals surface area contributed by atoms with E-state index < -0.39 is 11.4 Å². The molecule has 110 valence electrons. The van der Waals surface area contributed by atoms with Crippen molar-refractivity contribution in [2.24, 2.45) is 12.5 Å². The largest absolute Gasteiger partial charge is 0.481 e. The number of hydrogen-bond acceptors (Lipinski definition) is 5. The van der Waals surface area contributed by atoms with Gasteiger partial charge in [-0.25, -0.2) is 4.68 Å². The second-order valence-electron chi connectivity index (χ2n) is 4.97. The zero-order valence-corrected chi connectivity index (χ0v) is 12.1. The summed E-state index contributed by atoms with van der Waals surface area (Å²) in [5.41, 5.74) is -0.921. The minimum atomic E-state index is -0.991. The van der Waals surface area contributed by atoms with E-state index in [1.54, 1.807) is 4.90 Å². The third-order valence-electron chi connectivity index (χ3n) is 3.58. The van der Waals surface area contributed by atoms with E-state index in [2.05, 4.69) is 5.10 Å². The standard InChI is InChI=1S/C12H16ClN3O4/c1-15-10(17)8(5-9(13)14-15)16-4-3-12(6-16,7-20-2)11(18)19/h5H,3-4,6-7H2,1-2H3,(H,18,19). The number of methoxy groups -OCH3 is 1. The van der Waals surface area contributed by atoms with Crippen LogP contribution in [0.15, 0.2) is 10.9 Å². The SMILES string of the molecule is COCC1(C(=O)O)CCN(c2cc(Cl)nn(C)c2=O)C1. The van der Waals surface area contributed by atoms with Crippen molar-refractivity contribution in [3.05, 3.63) is 21.6 Å². The average molecular weight is 302 g/mol. The van der Waals surface area contributed by atoms with Gasteiger partial charge < -0.3 is 14.7 Å². The van der Waals surface area contributed by atoms with E-state index in [9.17, 15) is 14.7 Å². The van der Waals surface area contributed by atoms with Gasteiger partial charge in [0.25, 0.3) is 5.56 Å². The molecule has 20 heavy (non-hydrogen) atoms. The van der Waals surface area contributed by atoms with Crippen molar-refractivity contribution in [1.82, 2.24) is 9.78 Å². The van der Waals surface area contributed by atoms with Crippen LogP contribution in [0.3, 0.4) is 0 Å². The van der Waals surface area contributed by atoms with Crippen molar-refractivity contribution in [2.75, 3.05) is 31.7 Å². The number of ether oxygens (including phenoxy) is 1. The predicted molar refractivity (Wildman–Crippen MR) is 73.3 cm³/mol. The van der Waals surface area contributed by atoms with Gasteiger partial charge in [-0.05, 0) is 6.42 Å². The van der Waals surface area contributed by atoms with Gasteiger partial charge in [0, 0.05) is 33.3 Å². The predicted octanol–water partition coefficient (Wildman–Crippen LogP) is 0.361. The zero-order chi connectivity index (χ0) is 14.9. The van der Waals surface area contributed by atoms with Gasteiger partial charge in [-0.15, -0.1) is 0 Å². The molecule has 1 saturated heterocycles. The monoisotopic (exact) mass is 301 g/mol. The first-order valence-corrected chi connectivity index (χ1v) is 6.48. The molecule has 0 bridgehead atoms. The Hall–Kier alpha value is -1.60. The second kappa shape index (κ2) is 5.41. The molecule has 1 atom stereocenters. The number of carboxylic acid groups (broad SMARTS) is 1. The summed E-state index contributed by atoms with van der Waals surface area (Å²) in [6.07, 6.45) is 0.416. The summed E-state index contributed by atoms with van der Waals surface area (Å²) in [5.74, 6) is -0.918. The molecule has 1 aromatic heterocycles. The van der Waals surface area contributed by atoms with E-state index in [1.165, 1.54) is 20.2 Å². The highest BCUT2D eigenvalue weighted by Crippen LogP contribution is 2.33. The lowest BCUT2D eigenvalue weighted by Crippen LogP contribution is -2.40. The molecule has 0 spiro atoms. The topological polar surface area (TPSA) is 84.7 Å². The lowest BCUT2D eigenvalue weighted by Gasteiger charge is -2.24. The van der Waals surface area contributed by atoms with Crippen LogP contribution >= 0.6 is 11.6 Å². The number of carbonyl (C=O) groups is 1. The van der Waals surface area contributed by atoms with Crippen LogP contribution in [0.1, 0.15) is 6.42 Å². The third-order valence-corrected chi connectivity index (χ3v) is 3.77. The lowest BCUT2D eigenvalue weighted by molar-refractivity contribution is -0.150. The van der Waals surface area contributed by atoms with Crippen LogP contribution in [-0.4, -0.2) is 47.7 Å². The molecule has 0 aromatic carbocycles. The summed E-state index contributed by atoms with van der Waals surface area (Å²) in [5, 5.41) is 13.4.